The molecular weight excluding hydrogens is 138 g/mol. The molecule has 1 saturated heterocycles. The molecule has 10 heavy (non-hydrogen) atoms. The minimum absolute atomic E-state index is 0. The van der Waals surface area contributed by atoms with Gasteiger partial charge in [-0.2, -0.15) is 0 Å². The summed E-state index contributed by atoms with van der Waals surface area (Å²) in [5.74, 6) is -1.11. The summed E-state index contributed by atoms with van der Waals surface area (Å²) in [6, 6.07) is -0.641. The molecule has 1 aliphatic heterocycles. The summed E-state index contributed by atoms with van der Waals surface area (Å²) < 4.78 is 0. The lowest BCUT2D eigenvalue weighted by Gasteiger charge is -1.99. The van der Waals surface area contributed by atoms with Crippen LogP contribution in [0.1, 0.15) is 12.8 Å². The fraction of sp³-hybridized carbons (Fsp3) is 0.600. The fourth-order valence-corrected chi connectivity index (χ4v) is 0.799. The lowest BCUT2D eigenvalue weighted by Crippen LogP contribution is -2.32. The predicted molar refractivity (Wildman–Crippen MR) is 32.4 cm³/mol. The first kappa shape index (κ1) is 8.90. The number of hydrogen-bond acceptors (Lipinski definition) is 2. The Balaban J connectivity index is 0.000000810. The molecule has 0 bridgehead atoms. The van der Waals surface area contributed by atoms with Gasteiger partial charge in [0.25, 0.3) is 0 Å². The first-order valence-corrected chi connectivity index (χ1v) is 2.72. The maximum absolute atomic E-state index is 10.4. The van der Waals surface area contributed by atoms with Gasteiger partial charge in [-0.1, -0.05) is 0 Å². The molecule has 1 fully saturated rings. The molecule has 0 radical (unpaired) electrons. The van der Waals surface area contributed by atoms with Crippen LogP contribution >= 0.6 is 0 Å². The van der Waals surface area contributed by atoms with Crippen LogP contribution in [0.3, 0.4) is 0 Å². The topological polar surface area (TPSA) is 97.9 Å². The van der Waals surface area contributed by atoms with Crippen LogP contribution in [0.4, 0.5) is 0 Å². The Morgan fingerprint density at radius 3 is 2.50 bits per heavy atom. The van der Waals surface area contributed by atoms with Crippen LogP contribution in [0.2, 0.25) is 0 Å². The molecule has 0 aromatic carbocycles. The van der Waals surface area contributed by atoms with Crippen molar-refractivity contribution in [3.63, 3.8) is 0 Å². The number of amides is 1. The van der Waals surface area contributed by atoms with Crippen molar-refractivity contribution in [1.29, 1.82) is 0 Å². The van der Waals surface area contributed by atoms with Gasteiger partial charge in [0, 0.05) is 6.42 Å². The quantitative estimate of drug-likeness (QED) is 0.473. The van der Waals surface area contributed by atoms with Gasteiger partial charge in [-0.3, -0.25) is 4.79 Å². The molecule has 0 spiro atoms. The third kappa shape index (κ3) is 1.70. The van der Waals surface area contributed by atoms with Gasteiger partial charge in [0.2, 0.25) is 5.91 Å². The number of carbonyl (C=O) groups excluding carboxylic acids is 1. The highest BCUT2D eigenvalue weighted by molar-refractivity contribution is 5.87. The number of carboxylic acid groups (broad SMARTS) is 1. The van der Waals surface area contributed by atoms with Crippen LogP contribution in [0.15, 0.2) is 0 Å². The molecule has 1 aliphatic rings. The number of carboxylic acids is 1. The Bertz CT molecular complexity index is 156. The molecule has 1 amide bonds. The van der Waals surface area contributed by atoms with Crippen molar-refractivity contribution >= 4 is 11.9 Å². The molecule has 58 valence electrons. The first-order valence-electron chi connectivity index (χ1n) is 2.72. The lowest BCUT2D eigenvalue weighted by molar-refractivity contribution is -0.140. The lowest BCUT2D eigenvalue weighted by atomic mass is 10.2. The molecule has 4 N–H and O–H groups in total. The van der Waals surface area contributed by atoms with E-state index in [0.29, 0.717) is 12.8 Å². The summed E-state index contributed by atoms with van der Waals surface area (Å²) in [6.07, 6.45) is 0.769. The monoisotopic (exact) mass is 147 g/mol. The van der Waals surface area contributed by atoms with Crippen LogP contribution in [0, 0.1) is 0 Å². The predicted octanol–water partition coefficient (Wildman–Crippen LogP) is -1.48. The van der Waals surface area contributed by atoms with Crippen LogP contribution in [-0.2, 0) is 9.59 Å². The highest BCUT2D eigenvalue weighted by Crippen LogP contribution is 2.05. The maximum atomic E-state index is 10.4. The van der Waals surface area contributed by atoms with Crippen LogP contribution in [0.25, 0.3) is 0 Å². The van der Waals surface area contributed by atoms with Gasteiger partial charge in [-0.05, 0) is 6.42 Å². The summed E-state index contributed by atoms with van der Waals surface area (Å²) in [6.45, 7) is 0. The standard InChI is InChI=1S/C5H7NO3.H2O/c7-4-2-1-3(6-4)5(8)9;/h3H,1-2H2,(H,6,7)(H,8,9);1H2. The minimum atomic E-state index is -0.944. The number of hydrogen-bond donors (Lipinski definition) is 2. The highest BCUT2D eigenvalue weighted by Gasteiger charge is 2.26. The van der Waals surface area contributed by atoms with Gasteiger partial charge in [0.05, 0.1) is 0 Å². The Morgan fingerprint density at radius 2 is 2.30 bits per heavy atom. The number of rotatable bonds is 1. The van der Waals surface area contributed by atoms with Gasteiger partial charge in [0.15, 0.2) is 0 Å². The number of nitrogens with one attached hydrogen (secondary N) is 1. The molecule has 1 rings (SSSR count). The number of aliphatic carboxylic acids is 1. The van der Waals surface area contributed by atoms with E-state index in [1.54, 1.807) is 0 Å². The van der Waals surface area contributed by atoms with E-state index in [2.05, 4.69) is 5.32 Å². The number of carbonyl (C=O) groups is 2. The molecule has 1 heterocycles. The highest BCUT2D eigenvalue weighted by atomic mass is 16.4. The van der Waals surface area contributed by atoms with Crippen molar-refractivity contribution in [2.45, 2.75) is 18.9 Å². The van der Waals surface area contributed by atoms with E-state index in [1.165, 1.54) is 0 Å². The normalized spacial score (nSPS) is 23.2. The zero-order valence-corrected chi connectivity index (χ0v) is 5.26. The zero-order valence-electron chi connectivity index (χ0n) is 5.26. The molecule has 1 atom stereocenters. The van der Waals surface area contributed by atoms with E-state index in [-0.39, 0.29) is 11.4 Å². The zero-order chi connectivity index (χ0) is 6.85. The molecule has 5 nitrogen and oxygen atoms in total. The Morgan fingerprint density at radius 1 is 1.70 bits per heavy atom. The molecular formula is C5H9NO4. The average Bonchev–Trinajstić information content (AvgIpc) is 2.14. The third-order valence-corrected chi connectivity index (χ3v) is 1.29. The van der Waals surface area contributed by atoms with Crippen molar-refractivity contribution in [1.82, 2.24) is 5.32 Å². The Labute approximate surface area is 57.3 Å². The molecule has 0 aromatic heterocycles. The van der Waals surface area contributed by atoms with E-state index >= 15 is 0 Å². The SMILES string of the molecule is O.O=C1CCC(C(=O)O)N1. The summed E-state index contributed by atoms with van der Waals surface area (Å²) in [5, 5.41) is 10.6. The van der Waals surface area contributed by atoms with Crippen LogP contribution < -0.4 is 5.32 Å². The van der Waals surface area contributed by atoms with Crippen LogP contribution in [-0.4, -0.2) is 28.5 Å². The van der Waals surface area contributed by atoms with Gasteiger partial charge in [-0.25, -0.2) is 4.79 Å². The average molecular weight is 147 g/mol. The van der Waals surface area contributed by atoms with Gasteiger partial charge in [-0.15, -0.1) is 0 Å². The second-order valence-electron chi connectivity index (χ2n) is 2.00. The summed E-state index contributed by atoms with van der Waals surface area (Å²) in [4.78, 5) is 20.5. The molecule has 1 unspecified atom stereocenters. The summed E-state index contributed by atoms with van der Waals surface area (Å²) >= 11 is 0. The van der Waals surface area contributed by atoms with Crippen molar-refractivity contribution in [2.24, 2.45) is 0 Å². The largest absolute Gasteiger partial charge is 0.480 e. The van der Waals surface area contributed by atoms with Crippen molar-refractivity contribution < 1.29 is 20.2 Å². The Kier molecular flexibility index (Phi) is 2.82. The fourth-order valence-electron chi connectivity index (χ4n) is 0.799. The molecule has 0 aromatic rings. The molecule has 0 saturated carbocycles. The smallest absolute Gasteiger partial charge is 0.326 e. The van der Waals surface area contributed by atoms with Crippen molar-refractivity contribution in [2.75, 3.05) is 0 Å². The van der Waals surface area contributed by atoms with Crippen LogP contribution in [0.5, 0.6) is 0 Å². The van der Waals surface area contributed by atoms with E-state index in [0.717, 1.165) is 0 Å². The van der Waals surface area contributed by atoms with Gasteiger partial charge < -0.3 is 15.9 Å². The van der Waals surface area contributed by atoms with Crippen molar-refractivity contribution in [3.05, 3.63) is 0 Å². The minimum Gasteiger partial charge on any atom is -0.480 e. The Hall–Kier alpha value is -1.10. The maximum Gasteiger partial charge on any atom is 0.326 e. The second kappa shape index (κ2) is 3.17. The molecule has 5 heteroatoms. The molecule has 0 aliphatic carbocycles. The van der Waals surface area contributed by atoms with E-state index in [9.17, 15) is 9.59 Å². The first-order chi connectivity index (χ1) is 4.20. The van der Waals surface area contributed by atoms with Gasteiger partial charge >= 0.3 is 5.97 Å². The second-order valence-corrected chi connectivity index (χ2v) is 2.00. The van der Waals surface area contributed by atoms with E-state index in [4.69, 9.17) is 5.11 Å². The third-order valence-electron chi connectivity index (χ3n) is 1.29. The van der Waals surface area contributed by atoms with Crippen molar-refractivity contribution in [3.8, 4) is 0 Å². The van der Waals surface area contributed by atoms with E-state index in [1.807, 2.05) is 0 Å². The summed E-state index contributed by atoms with van der Waals surface area (Å²) in [5.41, 5.74) is 0. The van der Waals surface area contributed by atoms with E-state index < -0.39 is 12.0 Å². The summed E-state index contributed by atoms with van der Waals surface area (Å²) in [7, 11) is 0. The van der Waals surface area contributed by atoms with Gasteiger partial charge in [0.1, 0.15) is 6.04 Å².